The predicted octanol–water partition coefficient (Wildman–Crippen LogP) is 4.02. The van der Waals surface area contributed by atoms with E-state index < -0.39 is 11.7 Å². The van der Waals surface area contributed by atoms with Crippen LogP contribution in [0.25, 0.3) is 0 Å². The Morgan fingerprint density at radius 1 is 1.24 bits per heavy atom. The number of nitrogens with one attached hydrogen (secondary N) is 2. The number of carbonyl (C=O) groups is 1. The number of hydrogen-bond donors (Lipinski definition) is 2. The zero-order valence-corrected chi connectivity index (χ0v) is 13.5. The fourth-order valence-electron chi connectivity index (χ4n) is 1.69. The van der Waals surface area contributed by atoms with Crippen molar-refractivity contribution in [2.45, 2.75) is 6.92 Å². The normalized spacial score (nSPS) is 10.0. The Morgan fingerprint density at radius 2 is 2.00 bits per heavy atom. The number of hydrogen-bond acceptors (Lipinski definition) is 2. The van der Waals surface area contributed by atoms with Crippen molar-refractivity contribution in [3.05, 3.63) is 63.9 Å². The van der Waals surface area contributed by atoms with Gasteiger partial charge in [0.2, 0.25) is 0 Å². The van der Waals surface area contributed by atoms with Crippen LogP contribution < -0.4 is 10.6 Å². The monoisotopic (exact) mass is 366 g/mol. The number of anilines is 1. The van der Waals surface area contributed by atoms with Crippen molar-refractivity contribution in [1.82, 2.24) is 5.32 Å². The first-order valence-corrected chi connectivity index (χ1v) is 7.30. The third-order valence-electron chi connectivity index (χ3n) is 2.73. The van der Waals surface area contributed by atoms with Crippen LogP contribution in [-0.2, 0) is 0 Å². The lowest BCUT2D eigenvalue weighted by molar-refractivity contribution is 0.0977. The van der Waals surface area contributed by atoms with Crippen LogP contribution in [0.2, 0.25) is 0 Å². The lowest BCUT2D eigenvalue weighted by Gasteiger charge is -2.10. The highest BCUT2D eigenvalue weighted by molar-refractivity contribution is 9.10. The van der Waals surface area contributed by atoms with E-state index in [0.29, 0.717) is 0 Å². The van der Waals surface area contributed by atoms with E-state index in [2.05, 4.69) is 26.6 Å². The van der Waals surface area contributed by atoms with Crippen molar-refractivity contribution in [3.63, 3.8) is 0 Å². The Balaban J connectivity index is 2.01. The molecule has 1 amide bonds. The zero-order chi connectivity index (χ0) is 15.4. The number of amides is 1. The van der Waals surface area contributed by atoms with Crippen LogP contribution in [0.15, 0.2) is 46.9 Å². The number of carbonyl (C=O) groups excluding carboxylic acids is 1. The van der Waals surface area contributed by atoms with E-state index in [4.69, 9.17) is 12.2 Å². The molecular weight excluding hydrogens is 355 g/mol. The molecule has 2 N–H and O–H groups in total. The molecule has 0 spiro atoms. The Morgan fingerprint density at radius 3 is 2.67 bits per heavy atom. The average Bonchev–Trinajstić information content (AvgIpc) is 2.43. The number of rotatable bonds is 2. The molecule has 2 rings (SSSR count). The minimum absolute atomic E-state index is 0.158. The molecule has 0 fully saturated rings. The van der Waals surface area contributed by atoms with Crippen molar-refractivity contribution in [2.24, 2.45) is 0 Å². The van der Waals surface area contributed by atoms with Gasteiger partial charge in [-0.2, -0.15) is 0 Å². The summed E-state index contributed by atoms with van der Waals surface area (Å²) in [5.74, 6) is -0.925. The summed E-state index contributed by atoms with van der Waals surface area (Å²) < 4.78 is 14.0. The molecule has 21 heavy (non-hydrogen) atoms. The molecule has 0 aliphatic carbocycles. The first kappa shape index (κ1) is 15.6. The van der Waals surface area contributed by atoms with Gasteiger partial charge >= 0.3 is 0 Å². The van der Waals surface area contributed by atoms with Crippen LogP contribution in [0.3, 0.4) is 0 Å². The maximum Gasteiger partial charge on any atom is 0.257 e. The van der Waals surface area contributed by atoms with Gasteiger partial charge < -0.3 is 5.32 Å². The van der Waals surface area contributed by atoms with Crippen LogP contribution in [0.4, 0.5) is 10.1 Å². The number of halogens is 2. The van der Waals surface area contributed by atoms with Gasteiger partial charge in [-0.1, -0.05) is 22.0 Å². The number of aryl methyl sites for hydroxylation is 1. The molecule has 0 atom stereocenters. The van der Waals surface area contributed by atoms with E-state index in [9.17, 15) is 9.18 Å². The van der Waals surface area contributed by atoms with E-state index in [1.165, 1.54) is 18.2 Å². The van der Waals surface area contributed by atoms with Crippen LogP contribution in [-0.4, -0.2) is 11.0 Å². The first-order valence-electron chi connectivity index (χ1n) is 6.10. The quantitative estimate of drug-likeness (QED) is 0.788. The van der Waals surface area contributed by atoms with Gasteiger partial charge in [0.15, 0.2) is 5.11 Å². The predicted molar refractivity (Wildman–Crippen MR) is 89.0 cm³/mol. The van der Waals surface area contributed by atoms with Crippen LogP contribution in [0, 0.1) is 12.7 Å². The summed E-state index contributed by atoms with van der Waals surface area (Å²) in [5, 5.41) is 5.58. The van der Waals surface area contributed by atoms with Crippen LogP contribution >= 0.6 is 28.1 Å². The van der Waals surface area contributed by atoms with Crippen molar-refractivity contribution >= 4 is 44.9 Å². The summed E-state index contributed by atoms with van der Waals surface area (Å²) in [6.07, 6.45) is 0. The highest BCUT2D eigenvalue weighted by Crippen LogP contribution is 2.19. The summed E-state index contributed by atoms with van der Waals surface area (Å²) in [4.78, 5) is 11.9. The Kier molecular flexibility index (Phi) is 5.03. The smallest absolute Gasteiger partial charge is 0.257 e. The topological polar surface area (TPSA) is 41.1 Å². The minimum Gasteiger partial charge on any atom is -0.332 e. The Hall–Kier alpha value is -1.79. The largest absolute Gasteiger partial charge is 0.332 e. The Labute approximate surface area is 135 Å². The third-order valence-corrected chi connectivity index (χ3v) is 3.82. The molecule has 0 aliphatic rings. The van der Waals surface area contributed by atoms with Gasteiger partial charge in [-0.25, -0.2) is 4.39 Å². The molecule has 6 heteroatoms. The standard InChI is InChI=1S/C15H12BrFN2OS/c1-9-7-12(5-6-13(9)16)18-15(21)19-14(20)10-3-2-4-11(17)8-10/h2-8H,1H3,(H2,18,19,20,21). The van der Waals surface area contributed by atoms with Gasteiger partial charge in [0.25, 0.3) is 5.91 Å². The lowest BCUT2D eigenvalue weighted by Crippen LogP contribution is -2.34. The summed E-state index contributed by atoms with van der Waals surface area (Å²) in [5.41, 5.74) is 2.02. The Bertz CT molecular complexity index is 706. The van der Waals surface area contributed by atoms with E-state index >= 15 is 0 Å². The SMILES string of the molecule is Cc1cc(NC(=S)NC(=O)c2cccc(F)c2)ccc1Br. The van der Waals surface area contributed by atoms with Gasteiger partial charge in [-0.3, -0.25) is 10.1 Å². The van der Waals surface area contributed by atoms with E-state index in [0.717, 1.165) is 21.8 Å². The van der Waals surface area contributed by atoms with Gasteiger partial charge in [0.05, 0.1) is 0 Å². The van der Waals surface area contributed by atoms with Crippen LogP contribution in [0.5, 0.6) is 0 Å². The molecule has 0 saturated carbocycles. The van der Waals surface area contributed by atoms with Gasteiger partial charge in [-0.15, -0.1) is 0 Å². The average molecular weight is 367 g/mol. The molecule has 0 saturated heterocycles. The molecule has 2 aromatic carbocycles. The van der Waals surface area contributed by atoms with Gasteiger partial charge in [-0.05, 0) is 61.1 Å². The molecule has 0 radical (unpaired) electrons. The second-order valence-electron chi connectivity index (χ2n) is 4.38. The second-order valence-corrected chi connectivity index (χ2v) is 5.65. The van der Waals surface area contributed by atoms with E-state index in [1.807, 2.05) is 25.1 Å². The van der Waals surface area contributed by atoms with E-state index in [-0.39, 0.29) is 10.7 Å². The zero-order valence-electron chi connectivity index (χ0n) is 11.1. The number of thiocarbonyl (C=S) groups is 1. The summed E-state index contributed by atoms with van der Waals surface area (Å²) in [6.45, 7) is 1.95. The highest BCUT2D eigenvalue weighted by Gasteiger charge is 2.09. The van der Waals surface area contributed by atoms with Gasteiger partial charge in [0, 0.05) is 15.7 Å². The molecule has 0 unspecified atom stereocenters. The van der Waals surface area contributed by atoms with Crippen molar-refractivity contribution < 1.29 is 9.18 Å². The second kappa shape index (κ2) is 6.78. The third kappa shape index (κ3) is 4.34. The molecule has 0 aliphatic heterocycles. The number of benzene rings is 2. The van der Waals surface area contributed by atoms with E-state index in [1.54, 1.807) is 0 Å². The maximum atomic E-state index is 13.1. The molecule has 2 aromatic rings. The lowest BCUT2D eigenvalue weighted by atomic mass is 10.2. The minimum atomic E-state index is -0.468. The molecule has 3 nitrogen and oxygen atoms in total. The highest BCUT2D eigenvalue weighted by atomic mass is 79.9. The summed E-state index contributed by atoms with van der Waals surface area (Å²) in [7, 11) is 0. The van der Waals surface area contributed by atoms with Crippen molar-refractivity contribution in [1.29, 1.82) is 0 Å². The van der Waals surface area contributed by atoms with Gasteiger partial charge in [0.1, 0.15) is 5.82 Å². The molecule has 0 heterocycles. The first-order chi connectivity index (χ1) is 9.95. The van der Waals surface area contributed by atoms with Crippen molar-refractivity contribution in [2.75, 3.05) is 5.32 Å². The maximum absolute atomic E-state index is 13.1. The molecule has 108 valence electrons. The fourth-order valence-corrected chi connectivity index (χ4v) is 2.15. The molecule has 0 bridgehead atoms. The summed E-state index contributed by atoms with van der Waals surface area (Å²) >= 11 is 8.48. The fraction of sp³-hybridized carbons (Fsp3) is 0.0667. The van der Waals surface area contributed by atoms with Crippen molar-refractivity contribution in [3.8, 4) is 0 Å². The van der Waals surface area contributed by atoms with Crippen LogP contribution in [0.1, 0.15) is 15.9 Å². The summed E-state index contributed by atoms with van der Waals surface area (Å²) in [6, 6.07) is 11.0. The molecule has 0 aromatic heterocycles. The molecular formula is C15H12BrFN2OS.